The van der Waals surface area contributed by atoms with Crippen molar-refractivity contribution in [3.05, 3.63) is 0 Å². The van der Waals surface area contributed by atoms with E-state index >= 15 is 0 Å². The van der Waals surface area contributed by atoms with Crippen molar-refractivity contribution in [1.29, 1.82) is 0 Å². The Morgan fingerprint density at radius 1 is 1.28 bits per heavy atom. The first-order valence-electron chi connectivity index (χ1n) is 7.26. The number of fused-ring (bicyclic) bond motifs is 1. The standard InChI is InChI=1S/C14H20O4/c15-14-13-9-5-8(6-11(9)18-14)10(13)7-17-12-3-1-2-4-16-12/h8-13H,1-7H2. The van der Waals surface area contributed by atoms with Gasteiger partial charge in [0.05, 0.1) is 12.5 Å². The molecule has 6 atom stereocenters. The van der Waals surface area contributed by atoms with Crippen molar-refractivity contribution in [2.24, 2.45) is 23.7 Å². The molecule has 0 aromatic rings. The highest BCUT2D eigenvalue weighted by Gasteiger charge is 2.61. The van der Waals surface area contributed by atoms with Crippen LogP contribution in [0.1, 0.15) is 32.1 Å². The van der Waals surface area contributed by atoms with E-state index in [0.717, 1.165) is 25.9 Å². The lowest BCUT2D eigenvalue weighted by Gasteiger charge is -2.28. The minimum Gasteiger partial charge on any atom is -0.462 e. The molecule has 0 N–H and O–H groups in total. The Bertz CT molecular complexity index is 348. The highest BCUT2D eigenvalue weighted by Crippen LogP contribution is 2.57. The molecule has 2 saturated heterocycles. The molecule has 4 heteroatoms. The molecule has 0 aromatic heterocycles. The third-order valence-electron chi connectivity index (χ3n) is 5.27. The van der Waals surface area contributed by atoms with Gasteiger partial charge in [0.15, 0.2) is 6.29 Å². The molecule has 2 aliphatic heterocycles. The molecule has 2 saturated carbocycles. The molecule has 0 amide bonds. The van der Waals surface area contributed by atoms with Gasteiger partial charge in [-0.3, -0.25) is 4.79 Å². The summed E-state index contributed by atoms with van der Waals surface area (Å²) in [6.07, 6.45) is 5.76. The van der Waals surface area contributed by atoms with E-state index in [1.165, 1.54) is 12.8 Å². The summed E-state index contributed by atoms with van der Waals surface area (Å²) in [5.74, 6) is 1.66. The fourth-order valence-electron chi connectivity index (χ4n) is 4.42. The Kier molecular flexibility index (Phi) is 2.62. The smallest absolute Gasteiger partial charge is 0.310 e. The van der Waals surface area contributed by atoms with Crippen LogP contribution in [0.25, 0.3) is 0 Å². The van der Waals surface area contributed by atoms with Gasteiger partial charge < -0.3 is 14.2 Å². The second kappa shape index (κ2) is 4.20. The first-order chi connectivity index (χ1) is 8.83. The van der Waals surface area contributed by atoms with Gasteiger partial charge in [0.1, 0.15) is 6.10 Å². The zero-order valence-electron chi connectivity index (χ0n) is 10.5. The number of hydrogen-bond donors (Lipinski definition) is 0. The molecule has 4 fully saturated rings. The van der Waals surface area contributed by atoms with Crippen LogP contribution in [0, 0.1) is 23.7 Å². The van der Waals surface area contributed by atoms with E-state index in [1.807, 2.05) is 0 Å². The van der Waals surface area contributed by atoms with Crippen LogP contribution in [0.2, 0.25) is 0 Å². The summed E-state index contributed by atoms with van der Waals surface area (Å²) in [4.78, 5) is 11.8. The quantitative estimate of drug-likeness (QED) is 0.718. The first-order valence-corrected chi connectivity index (χ1v) is 7.26. The maximum absolute atomic E-state index is 11.8. The summed E-state index contributed by atoms with van der Waals surface area (Å²) in [7, 11) is 0. The van der Waals surface area contributed by atoms with E-state index in [0.29, 0.717) is 24.4 Å². The topological polar surface area (TPSA) is 44.8 Å². The van der Waals surface area contributed by atoms with Crippen molar-refractivity contribution in [3.8, 4) is 0 Å². The minimum absolute atomic E-state index is 0.0307. The maximum Gasteiger partial charge on any atom is 0.310 e. The van der Waals surface area contributed by atoms with Gasteiger partial charge in [-0.25, -0.2) is 0 Å². The van der Waals surface area contributed by atoms with Gasteiger partial charge in [-0.15, -0.1) is 0 Å². The molecule has 0 spiro atoms. The van der Waals surface area contributed by atoms with E-state index in [2.05, 4.69) is 0 Å². The molecule has 100 valence electrons. The van der Waals surface area contributed by atoms with Gasteiger partial charge in [0, 0.05) is 12.5 Å². The van der Waals surface area contributed by atoms with E-state index < -0.39 is 0 Å². The average Bonchev–Trinajstić information content (AvgIpc) is 2.99. The predicted molar refractivity (Wildman–Crippen MR) is 62.6 cm³/mol. The van der Waals surface area contributed by atoms with Crippen LogP contribution in [0.4, 0.5) is 0 Å². The van der Waals surface area contributed by atoms with Crippen LogP contribution in [-0.2, 0) is 19.0 Å². The third-order valence-corrected chi connectivity index (χ3v) is 5.27. The predicted octanol–water partition coefficient (Wildman–Crippen LogP) is 1.73. The summed E-state index contributed by atoms with van der Waals surface area (Å²) in [6.45, 7) is 1.49. The Hall–Kier alpha value is -0.610. The normalized spacial score (nSPS) is 49.7. The molecule has 6 unspecified atom stereocenters. The molecule has 4 nitrogen and oxygen atoms in total. The third kappa shape index (κ3) is 1.62. The largest absolute Gasteiger partial charge is 0.462 e. The Morgan fingerprint density at radius 3 is 3.06 bits per heavy atom. The summed E-state index contributed by atoms with van der Waals surface area (Å²) < 4.78 is 16.9. The van der Waals surface area contributed by atoms with Crippen LogP contribution in [0.15, 0.2) is 0 Å². The summed E-state index contributed by atoms with van der Waals surface area (Å²) in [5, 5.41) is 0. The number of hydrogen-bond acceptors (Lipinski definition) is 4. The fourth-order valence-corrected chi connectivity index (χ4v) is 4.42. The monoisotopic (exact) mass is 252 g/mol. The van der Waals surface area contributed by atoms with Crippen LogP contribution >= 0.6 is 0 Å². The second-order valence-electron chi connectivity index (χ2n) is 6.19. The lowest BCUT2D eigenvalue weighted by Crippen LogP contribution is -2.32. The fraction of sp³-hybridized carbons (Fsp3) is 0.929. The number of carbonyl (C=O) groups excluding carboxylic acids is 1. The molecular formula is C14H20O4. The summed E-state index contributed by atoms with van der Waals surface area (Å²) in [5.41, 5.74) is 0. The van der Waals surface area contributed by atoms with Crippen LogP contribution in [0.3, 0.4) is 0 Å². The molecule has 0 aromatic carbocycles. The van der Waals surface area contributed by atoms with Crippen LogP contribution < -0.4 is 0 Å². The summed E-state index contributed by atoms with van der Waals surface area (Å²) >= 11 is 0. The molecule has 2 bridgehead atoms. The average molecular weight is 252 g/mol. The lowest BCUT2D eigenvalue weighted by atomic mass is 9.80. The van der Waals surface area contributed by atoms with Gasteiger partial charge in [0.25, 0.3) is 0 Å². The van der Waals surface area contributed by atoms with Gasteiger partial charge in [-0.1, -0.05) is 0 Å². The molecule has 0 radical (unpaired) electrons. The van der Waals surface area contributed by atoms with E-state index in [-0.39, 0.29) is 24.3 Å². The van der Waals surface area contributed by atoms with Crippen LogP contribution in [-0.4, -0.2) is 31.6 Å². The zero-order valence-corrected chi connectivity index (χ0v) is 10.5. The Balaban J connectivity index is 1.39. The maximum atomic E-state index is 11.8. The first kappa shape index (κ1) is 11.2. The van der Waals surface area contributed by atoms with Crippen molar-refractivity contribution in [1.82, 2.24) is 0 Å². The molecule has 2 heterocycles. The Labute approximate surface area is 107 Å². The Morgan fingerprint density at radius 2 is 2.22 bits per heavy atom. The van der Waals surface area contributed by atoms with Crippen molar-refractivity contribution in [2.75, 3.05) is 13.2 Å². The van der Waals surface area contributed by atoms with Crippen LogP contribution in [0.5, 0.6) is 0 Å². The zero-order chi connectivity index (χ0) is 12.1. The van der Waals surface area contributed by atoms with Crippen molar-refractivity contribution in [2.45, 2.75) is 44.5 Å². The van der Waals surface area contributed by atoms with Gasteiger partial charge in [-0.2, -0.15) is 0 Å². The molecule has 4 aliphatic rings. The number of esters is 1. The van der Waals surface area contributed by atoms with Crippen molar-refractivity contribution >= 4 is 5.97 Å². The number of carbonyl (C=O) groups is 1. The van der Waals surface area contributed by atoms with Crippen molar-refractivity contribution < 1.29 is 19.0 Å². The van der Waals surface area contributed by atoms with E-state index in [4.69, 9.17) is 14.2 Å². The van der Waals surface area contributed by atoms with Crippen molar-refractivity contribution in [3.63, 3.8) is 0 Å². The summed E-state index contributed by atoms with van der Waals surface area (Å²) in [6, 6.07) is 0. The molecule has 18 heavy (non-hydrogen) atoms. The molecular weight excluding hydrogens is 232 g/mol. The van der Waals surface area contributed by atoms with Gasteiger partial charge in [0.2, 0.25) is 0 Å². The molecule has 4 rings (SSSR count). The number of rotatable bonds is 3. The minimum atomic E-state index is -0.0360. The van der Waals surface area contributed by atoms with Gasteiger partial charge in [-0.05, 0) is 43.9 Å². The SMILES string of the molecule is O=C1OC2CC3CC2C1C3COC1CCCCO1. The van der Waals surface area contributed by atoms with Gasteiger partial charge >= 0.3 is 5.97 Å². The highest BCUT2D eigenvalue weighted by atomic mass is 16.7. The van der Waals surface area contributed by atoms with E-state index in [9.17, 15) is 4.79 Å². The second-order valence-corrected chi connectivity index (χ2v) is 6.19. The molecule has 2 aliphatic carbocycles. The lowest BCUT2D eigenvalue weighted by molar-refractivity contribution is -0.174. The highest BCUT2D eigenvalue weighted by molar-refractivity contribution is 5.77. The van der Waals surface area contributed by atoms with E-state index in [1.54, 1.807) is 0 Å². The number of ether oxygens (including phenoxy) is 3.